The number of imidazole rings is 1. The van der Waals surface area contributed by atoms with Crippen LogP contribution in [-0.4, -0.2) is 47.8 Å². The number of tetrazole rings is 1. The highest BCUT2D eigenvalue weighted by molar-refractivity contribution is 5.92. The van der Waals surface area contributed by atoms with Gasteiger partial charge in [-0.15, -0.1) is 15.0 Å². The Morgan fingerprint density at radius 3 is 1.93 bits per heavy atom. The molecule has 8 aromatic rings. The van der Waals surface area contributed by atoms with Gasteiger partial charge in [-0.3, -0.25) is 0 Å². The smallest absolute Gasteiger partial charge is 0.339 e. The maximum atomic E-state index is 12.2. The largest absolute Gasteiger partial charge is 0.465 e. The van der Waals surface area contributed by atoms with E-state index in [2.05, 4.69) is 83.2 Å². The van der Waals surface area contributed by atoms with Crippen molar-refractivity contribution in [2.24, 2.45) is 0 Å². The fraction of sp³-hybridized carbons (Fsp3) is 0.156. The minimum Gasteiger partial charge on any atom is -0.465 e. The van der Waals surface area contributed by atoms with Crippen LogP contribution in [0.25, 0.3) is 33.7 Å². The second kappa shape index (κ2) is 15.1. The Labute approximate surface area is 313 Å². The van der Waals surface area contributed by atoms with Gasteiger partial charge in [-0.25, -0.2) is 14.8 Å². The highest BCUT2D eigenvalue weighted by Crippen LogP contribution is 2.40. The first-order chi connectivity index (χ1) is 26.6. The molecule has 0 atom stereocenters. The van der Waals surface area contributed by atoms with E-state index in [0.29, 0.717) is 23.4 Å². The van der Waals surface area contributed by atoms with Crippen LogP contribution in [0, 0.1) is 0 Å². The minimum absolute atomic E-state index is 0.389. The van der Waals surface area contributed by atoms with E-state index in [1.165, 1.54) is 7.11 Å². The number of pyridine rings is 1. The normalized spacial score (nSPS) is 11.5. The van der Waals surface area contributed by atoms with Crippen molar-refractivity contribution in [1.82, 2.24) is 34.7 Å². The lowest BCUT2D eigenvalue weighted by Crippen LogP contribution is -2.39. The van der Waals surface area contributed by atoms with E-state index in [1.54, 1.807) is 17.1 Å². The fourth-order valence-electron chi connectivity index (χ4n) is 7.23. The summed E-state index contributed by atoms with van der Waals surface area (Å²) in [5.74, 6) is 1.05. The molecule has 0 saturated carbocycles. The number of nitrogens with zero attached hydrogens (tertiary/aromatic N) is 7. The van der Waals surface area contributed by atoms with Crippen molar-refractivity contribution in [2.45, 2.75) is 38.3 Å². The lowest BCUT2D eigenvalue weighted by Gasteiger charge is -2.34. The monoisotopic (exact) mass is 709 g/mol. The molecule has 8 rings (SSSR count). The van der Waals surface area contributed by atoms with Gasteiger partial charge in [0, 0.05) is 18.2 Å². The van der Waals surface area contributed by atoms with Crippen LogP contribution in [0.1, 0.15) is 58.2 Å². The number of carbonyl (C=O) groups excluding carboxylic acids is 1. The summed E-state index contributed by atoms with van der Waals surface area (Å²) in [5.41, 5.74) is 8.06. The second-order valence-corrected chi connectivity index (χ2v) is 13.2. The SMILES string of the molecule is CCCCc1nc2cc(C(=O)OC)cnc2n1Cc1ccc(-c2ccccc2-c2nnn(C(c3ccccc3)(c3ccccc3)c3ccccc3)n2)cc1. The highest BCUT2D eigenvalue weighted by Gasteiger charge is 2.41. The Morgan fingerprint density at radius 2 is 1.33 bits per heavy atom. The minimum atomic E-state index is -0.866. The standard InChI is InChI=1S/C45H39N7O2/c1-3-4-24-41-47-40-29-34(44(53)54-2)30-46-43(40)51(41)31-32-25-27-33(28-26-32)38-22-14-15-23-39(38)42-48-50-52(49-42)45(35-16-8-5-9-17-35,36-18-10-6-11-19-36)37-20-12-7-13-21-37/h5-23,25-30H,3-4,24,31H2,1-2H3. The van der Waals surface area contributed by atoms with E-state index in [1.807, 2.05) is 72.8 Å². The van der Waals surface area contributed by atoms with Gasteiger partial charge in [0.05, 0.1) is 19.2 Å². The van der Waals surface area contributed by atoms with E-state index in [9.17, 15) is 4.79 Å². The molecule has 0 aliphatic heterocycles. The Bertz CT molecular complexity index is 2410. The Morgan fingerprint density at radius 1 is 0.741 bits per heavy atom. The van der Waals surface area contributed by atoms with Gasteiger partial charge >= 0.3 is 5.97 Å². The van der Waals surface area contributed by atoms with Gasteiger partial charge in [0.15, 0.2) is 11.2 Å². The first-order valence-corrected chi connectivity index (χ1v) is 18.2. The molecule has 3 heterocycles. The zero-order chi connectivity index (χ0) is 36.9. The van der Waals surface area contributed by atoms with E-state index in [0.717, 1.165) is 69.7 Å². The summed E-state index contributed by atoms with van der Waals surface area (Å²) < 4.78 is 7.06. The maximum absolute atomic E-state index is 12.2. The highest BCUT2D eigenvalue weighted by atomic mass is 16.5. The molecule has 5 aromatic carbocycles. The molecule has 0 bridgehead atoms. The van der Waals surface area contributed by atoms with E-state index >= 15 is 0 Å². The molecule has 3 aromatic heterocycles. The first kappa shape index (κ1) is 34.4. The molecule has 0 N–H and O–H groups in total. The average Bonchev–Trinajstić information content (AvgIpc) is 3.86. The Hall–Kier alpha value is -6.74. The number of esters is 1. The van der Waals surface area contributed by atoms with Crippen LogP contribution in [0.3, 0.4) is 0 Å². The summed E-state index contributed by atoms with van der Waals surface area (Å²) in [5, 5.41) is 14.7. The number of aromatic nitrogens is 7. The second-order valence-electron chi connectivity index (χ2n) is 13.2. The molecular formula is C45H39N7O2. The molecule has 9 nitrogen and oxygen atoms in total. The Balaban J connectivity index is 1.16. The van der Waals surface area contributed by atoms with Gasteiger partial charge in [0.25, 0.3) is 0 Å². The molecule has 0 saturated heterocycles. The third-order valence-electron chi connectivity index (χ3n) is 9.90. The molecule has 0 radical (unpaired) electrons. The maximum Gasteiger partial charge on any atom is 0.339 e. The summed E-state index contributed by atoms with van der Waals surface area (Å²) in [6, 6.07) is 49.5. The van der Waals surface area contributed by atoms with Gasteiger partial charge in [0.2, 0.25) is 5.82 Å². The third-order valence-corrected chi connectivity index (χ3v) is 9.90. The number of ether oxygens (including phenoxy) is 1. The van der Waals surface area contributed by atoms with Crippen molar-refractivity contribution in [3.8, 4) is 22.5 Å². The average molecular weight is 710 g/mol. The lowest BCUT2D eigenvalue weighted by atomic mass is 9.77. The van der Waals surface area contributed by atoms with Crippen LogP contribution in [-0.2, 0) is 23.2 Å². The van der Waals surface area contributed by atoms with Crippen molar-refractivity contribution in [1.29, 1.82) is 0 Å². The number of carbonyl (C=O) groups is 1. The van der Waals surface area contributed by atoms with Crippen molar-refractivity contribution in [3.05, 3.63) is 185 Å². The Kier molecular flexibility index (Phi) is 9.60. The van der Waals surface area contributed by atoms with Crippen LogP contribution in [0.2, 0.25) is 0 Å². The predicted molar refractivity (Wildman–Crippen MR) is 210 cm³/mol. The van der Waals surface area contributed by atoms with Crippen LogP contribution in [0.15, 0.2) is 152 Å². The summed E-state index contributed by atoms with van der Waals surface area (Å²) in [6.07, 6.45) is 4.43. The van der Waals surface area contributed by atoms with Gasteiger partial charge in [-0.1, -0.05) is 153 Å². The first-order valence-electron chi connectivity index (χ1n) is 18.2. The van der Waals surface area contributed by atoms with Crippen molar-refractivity contribution in [2.75, 3.05) is 7.11 Å². The molecule has 9 heteroatoms. The number of fused-ring (bicyclic) bond motifs is 1. The number of hydrogen-bond acceptors (Lipinski definition) is 7. The van der Waals surface area contributed by atoms with E-state index in [-0.39, 0.29) is 0 Å². The van der Waals surface area contributed by atoms with Crippen LogP contribution in [0.5, 0.6) is 0 Å². The summed E-state index contributed by atoms with van der Waals surface area (Å²) >= 11 is 0. The van der Waals surface area contributed by atoms with Crippen molar-refractivity contribution >= 4 is 17.1 Å². The summed E-state index contributed by atoms with van der Waals surface area (Å²) in [7, 11) is 1.37. The molecule has 0 spiro atoms. The van der Waals surface area contributed by atoms with Crippen LogP contribution in [0.4, 0.5) is 0 Å². The van der Waals surface area contributed by atoms with Crippen molar-refractivity contribution in [3.63, 3.8) is 0 Å². The van der Waals surface area contributed by atoms with Crippen LogP contribution >= 0.6 is 0 Å². The number of unbranched alkanes of at least 4 members (excludes halogenated alkanes) is 1. The quantitative estimate of drug-likeness (QED) is 0.0924. The molecule has 0 fully saturated rings. The van der Waals surface area contributed by atoms with Crippen molar-refractivity contribution < 1.29 is 9.53 Å². The number of rotatable bonds is 12. The lowest BCUT2D eigenvalue weighted by molar-refractivity contribution is 0.0600. The van der Waals surface area contributed by atoms with E-state index in [4.69, 9.17) is 25.1 Å². The molecular weight excluding hydrogens is 671 g/mol. The molecule has 266 valence electrons. The van der Waals surface area contributed by atoms with Crippen LogP contribution < -0.4 is 0 Å². The predicted octanol–water partition coefficient (Wildman–Crippen LogP) is 8.77. The number of hydrogen-bond donors (Lipinski definition) is 0. The molecule has 0 aliphatic carbocycles. The topological polar surface area (TPSA) is 101 Å². The van der Waals surface area contributed by atoms with Gasteiger partial charge in [0.1, 0.15) is 11.3 Å². The molecule has 54 heavy (non-hydrogen) atoms. The van der Waals surface area contributed by atoms with Gasteiger partial charge < -0.3 is 9.30 Å². The molecule has 0 aliphatic rings. The number of aryl methyl sites for hydroxylation is 1. The number of methoxy groups -OCH3 is 1. The summed E-state index contributed by atoms with van der Waals surface area (Å²) in [4.78, 5) is 23.5. The van der Waals surface area contributed by atoms with Gasteiger partial charge in [-0.05, 0) is 51.1 Å². The fourth-order valence-corrected chi connectivity index (χ4v) is 7.23. The van der Waals surface area contributed by atoms with E-state index < -0.39 is 11.5 Å². The number of benzene rings is 5. The molecule has 0 amide bonds. The summed E-state index contributed by atoms with van der Waals surface area (Å²) in [6.45, 7) is 2.76. The molecule has 0 unspecified atom stereocenters. The zero-order valence-electron chi connectivity index (χ0n) is 30.2. The van der Waals surface area contributed by atoms with Gasteiger partial charge in [-0.2, -0.15) is 0 Å². The zero-order valence-corrected chi connectivity index (χ0v) is 30.2. The third kappa shape index (κ3) is 6.34.